The van der Waals surface area contributed by atoms with Crippen LogP contribution in [0.1, 0.15) is 17.3 Å². The molecule has 2 aromatic rings. The van der Waals surface area contributed by atoms with Crippen LogP contribution in [-0.4, -0.2) is 28.2 Å². The van der Waals surface area contributed by atoms with E-state index < -0.39 is 11.5 Å². The summed E-state index contributed by atoms with van der Waals surface area (Å²) in [6.45, 7) is 2.39. The van der Waals surface area contributed by atoms with Crippen molar-refractivity contribution in [2.75, 3.05) is 23.4 Å². The maximum absolute atomic E-state index is 12.2. The molecule has 2 rings (SSSR count). The number of aromatic nitrogens is 2. The molecule has 0 aliphatic rings. The Morgan fingerprint density at radius 2 is 2.17 bits per heavy atom. The van der Waals surface area contributed by atoms with Crippen LogP contribution in [0.4, 0.5) is 11.5 Å². The first kappa shape index (κ1) is 17.4. The van der Waals surface area contributed by atoms with Crippen LogP contribution in [-0.2, 0) is 0 Å². The molecule has 0 bridgehead atoms. The van der Waals surface area contributed by atoms with E-state index in [9.17, 15) is 9.59 Å². The van der Waals surface area contributed by atoms with Crippen molar-refractivity contribution in [2.45, 2.75) is 12.1 Å². The number of rotatable bonds is 6. The Morgan fingerprint density at radius 3 is 2.75 bits per heavy atom. The minimum Gasteiger partial charge on any atom is -0.494 e. The van der Waals surface area contributed by atoms with Gasteiger partial charge in [-0.2, -0.15) is 5.26 Å². The molecule has 1 aromatic carbocycles. The van der Waals surface area contributed by atoms with Gasteiger partial charge in [0.05, 0.1) is 18.4 Å². The third-order valence-electron chi connectivity index (χ3n) is 2.87. The van der Waals surface area contributed by atoms with Crippen LogP contribution in [0.25, 0.3) is 0 Å². The molecule has 0 aliphatic carbocycles. The molecule has 0 saturated heterocycles. The van der Waals surface area contributed by atoms with Crippen molar-refractivity contribution < 1.29 is 9.53 Å². The lowest BCUT2D eigenvalue weighted by atomic mass is 10.2. The second-order valence-corrected chi connectivity index (χ2v) is 5.45. The Balaban J connectivity index is 2.16. The number of nitrogen functional groups attached to an aromatic ring is 1. The Morgan fingerprint density at radius 1 is 1.46 bits per heavy atom. The fourth-order valence-electron chi connectivity index (χ4n) is 1.81. The van der Waals surface area contributed by atoms with E-state index in [1.165, 1.54) is 0 Å². The van der Waals surface area contributed by atoms with Gasteiger partial charge in [-0.15, -0.1) is 0 Å². The molecular weight excluding hydrogens is 330 g/mol. The number of ether oxygens (including phenoxy) is 1. The molecule has 8 nitrogen and oxygen atoms in total. The number of nitrogens with one attached hydrogen (secondary N) is 2. The van der Waals surface area contributed by atoms with Crippen molar-refractivity contribution in [3.05, 3.63) is 40.2 Å². The molecule has 0 fully saturated rings. The van der Waals surface area contributed by atoms with Crippen molar-refractivity contribution in [3.63, 3.8) is 0 Å². The third-order valence-corrected chi connectivity index (χ3v) is 3.61. The van der Waals surface area contributed by atoms with Gasteiger partial charge in [0.2, 0.25) is 0 Å². The largest absolute Gasteiger partial charge is 0.494 e. The van der Waals surface area contributed by atoms with Crippen LogP contribution >= 0.6 is 11.8 Å². The second kappa shape index (κ2) is 8.03. The molecule has 0 aliphatic heterocycles. The molecule has 124 valence electrons. The molecule has 24 heavy (non-hydrogen) atoms. The highest BCUT2D eigenvalue weighted by molar-refractivity contribution is 7.99. The molecule has 0 saturated carbocycles. The van der Waals surface area contributed by atoms with Crippen LogP contribution in [0.15, 0.2) is 34.2 Å². The van der Waals surface area contributed by atoms with Gasteiger partial charge in [0.25, 0.3) is 11.5 Å². The van der Waals surface area contributed by atoms with Gasteiger partial charge in [0, 0.05) is 5.56 Å². The zero-order chi connectivity index (χ0) is 17.5. The Bertz CT molecular complexity index is 826. The molecule has 1 heterocycles. The third kappa shape index (κ3) is 4.27. The molecule has 1 amide bonds. The summed E-state index contributed by atoms with van der Waals surface area (Å²) in [5, 5.41) is 11.2. The average molecular weight is 345 g/mol. The molecule has 1 aromatic heterocycles. The van der Waals surface area contributed by atoms with E-state index in [1.807, 2.05) is 13.0 Å². The minimum absolute atomic E-state index is 0.113. The topological polar surface area (TPSA) is 134 Å². The van der Waals surface area contributed by atoms with Crippen LogP contribution in [0.5, 0.6) is 5.75 Å². The van der Waals surface area contributed by atoms with Crippen LogP contribution in [0.2, 0.25) is 0 Å². The van der Waals surface area contributed by atoms with E-state index in [-0.39, 0.29) is 22.4 Å². The smallest absolute Gasteiger partial charge is 0.277 e. The maximum Gasteiger partial charge on any atom is 0.277 e. The van der Waals surface area contributed by atoms with Gasteiger partial charge in [-0.1, -0.05) is 11.8 Å². The van der Waals surface area contributed by atoms with Gasteiger partial charge in [-0.05, 0) is 31.2 Å². The highest BCUT2D eigenvalue weighted by atomic mass is 32.2. The number of nitrogens with zero attached hydrogens (tertiary/aromatic N) is 2. The molecule has 0 spiro atoms. The Kier molecular flexibility index (Phi) is 5.81. The fraction of sp³-hybridized carbons (Fsp3) is 0.200. The monoisotopic (exact) mass is 345 g/mol. The van der Waals surface area contributed by atoms with E-state index in [4.69, 9.17) is 15.7 Å². The van der Waals surface area contributed by atoms with Gasteiger partial charge < -0.3 is 15.8 Å². The standard InChI is InChI=1S/C15H15N5O3S/c1-2-23-10-5-3-9(4-6-10)13(21)18-11-12(17)19-15(20-14(11)22)24-8-7-16/h3-6H,2,8H2,1H3,(H,18,21)(H3,17,19,20,22). The van der Waals surface area contributed by atoms with E-state index in [0.717, 1.165) is 11.8 Å². The van der Waals surface area contributed by atoms with E-state index in [1.54, 1.807) is 24.3 Å². The van der Waals surface area contributed by atoms with Crippen molar-refractivity contribution in [1.29, 1.82) is 5.26 Å². The second-order valence-electron chi connectivity index (χ2n) is 4.49. The number of nitriles is 1. The quantitative estimate of drug-likeness (QED) is 0.535. The molecular formula is C15H15N5O3S. The lowest BCUT2D eigenvalue weighted by Crippen LogP contribution is -2.23. The average Bonchev–Trinajstić information content (AvgIpc) is 2.57. The number of benzene rings is 1. The summed E-state index contributed by atoms with van der Waals surface area (Å²) in [6, 6.07) is 8.39. The van der Waals surface area contributed by atoms with Gasteiger partial charge >= 0.3 is 0 Å². The van der Waals surface area contributed by atoms with E-state index in [2.05, 4.69) is 15.3 Å². The predicted molar refractivity (Wildman–Crippen MR) is 91.2 cm³/mol. The number of carbonyl (C=O) groups excluding carboxylic acids is 1. The summed E-state index contributed by atoms with van der Waals surface area (Å²) in [6.07, 6.45) is 0. The van der Waals surface area contributed by atoms with Gasteiger partial charge in [0.1, 0.15) is 11.4 Å². The summed E-state index contributed by atoms with van der Waals surface area (Å²) >= 11 is 1.04. The summed E-state index contributed by atoms with van der Waals surface area (Å²) in [7, 11) is 0. The van der Waals surface area contributed by atoms with Gasteiger partial charge in [-0.25, -0.2) is 4.98 Å². The zero-order valence-electron chi connectivity index (χ0n) is 12.8. The first-order valence-corrected chi connectivity index (χ1v) is 7.97. The summed E-state index contributed by atoms with van der Waals surface area (Å²) in [5.41, 5.74) is 5.36. The molecule has 4 N–H and O–H groups in total. The first-order chi connectivity index (χ1) is 11.5. The first-order valence-electron chi connectivity index (χ1n) is 6.99. The molecule has 0 atom stereocenters. The molecule has 0 unspecified atom stereocenters. The highest BCUT2D eigenvalue weighted by Crippen LogP contribution is 2.17. The van der Waals surface area contributed by atoms with Crippen molar-refractivity contribution >= 4 is 29.2 Å². The number of amides is 1. The normalized spacial score (nSPS) is 10.0. The van der Waals surface area contributed by atoms with E-state index in [0.29, 0.717) is 17.9 Å². The maximum atomic E-state index is 12.2. The minimum atomic E-state index is -0.581. The predicted octanol–water partition coefficient (Wildman–Crippen LogP) is 1.62. The van der Waals surface area contributed by atoms with Crippen LogP contribution in [0.3, 0.4) is 0 Å². The highest BCUT2D eigenvalue weighted by Gasteiger charge is 2.14. The lowest BCUT2D eigenvalue weighted by Gasteiger charge is -2.08. The number of carbonyl (C=O) groups is 1. The number of anilines is 2. The lowest BCUT2D eigenvalue weighted by molar-refractivity contribution is 0.102. The summed E-state index contributed by atoms with van der Waals surface area (Å²) in [4.78, 5) is 30.7. The van der Waals surface area contributed by atoms with Crippen molar-refractivity contribution in [3.8, 4) is 11.8 Å². The fourth-order valence-corrected chi connectivity index (χ4v) is 2.34. The van der Waals surface area contributed by atoms with Gasteiger partial charge in [0.15, 0.2) is 11.0 Å². The Hall–Kier alpha value is -2.99. The van der Waals surface area contributed by atoms with Crippen molar-refractivity contribution in [2.24, 2.45) is 0 Å². The number of hydrogen-bond acceptors (Lipinski definition) is 7. The Labute approximate surface area is 142 Å². The van der Waals surface area contributed by atoms with Crippen molar-refractivity contribution in [1.82, 2.24) is 9.97 Å². The number of thioether (sulfide) groups is 1. The number of hydrogen-bond donors (Lipinski definition) is 3. The molecule has 0 radical (unpaired) electrons. The van der Waals surface area contributed by atoms with Gasteiger partial charge in [-0.3, -0.25) is 14.6 Å². The van der Waals surface area contributed by atoms with Crippen LogP contribution in [0, 0.1) is 11.3 Å². The van der Waals surface area contributed by atoms with E-state index >= 15 is 0 Å². The van der Waals surface area contributed by atoms with Crippen LogP contribution < -0.4 is 21.3 Å². The number of aromatic amines is 1. The zero-order valence-corrected chi connectivity index (χ0v) is 13.6. The SMILES string of the molecule is CCOc1ccc(C(=O)Nc2c(N)nc(SCC#N)[nH]c2=O)cc1. The number of H-pyrrole nitrogens is 1. The summed E-state index contributed by atoms with van der Waals surface area (Å²) < 4.78 is 5.30. The number of nitrogens with two attached hydrogens (primary N) is 1. The summed E-state index contributed by atoms with van der Waals surface area (Å²) in [5.74, 6) is 0.167. The molecule has 9 heteroatoms.